The molecule has 0 aliphatic carbocycles. The van der Waals surface area contributed by atoms with Gasteiger partial charge in [0.15, 0.2) is 0 Å². The lowest BCUT2D eigenvalue weighted by Crippen LogP contribution is -2.48. The molecule has 0 radical (unpaired) electrons. The largest absolute Gasteiger partial charge is 0.494 e. The molecular formula is C30H39F3N8O2. The summed E-state index contributed by atoms with van der Waals surface area (Å²) in [5, 5.41) is 5.90. The van der Waals surface area contributed by atoms with Crippen molar-refractivity contribution in [1.29, 1.82) is 0 Å². The lowest BCUT2D eigenvalue weighted by atomic mass is 10.2. The molecule has 0 saturated carbocycles. The number of aromatic nitrogens is 1. The average molecular weight is 601 g/mol. The highest BCUT2D eigenvalue weighted by Crippen LogP contribution is 2.38. The molecule has 1 fully saturated rings. The van der Waals surface area contributed by atoms with Gasteiger partial charge in [0, 0.05) is 70.7 Å². The Hall–Kier alpha value is -4.39. The second-order valence-electron chi connectivity index (χ2n) is 10.7. The number of alkyl halides is 3. The predicted octanol–water partition coefficient (Wildman–Crippen LogP) is 4.84. The van der Waals surface area contributed by atoms with Gasteiger partial charge in [-0.3, -0.25) is 4.79 Å². The lowest BCUT2D eigenvalue weighted by molar-refractivity contribution is -0.137. The van der Waals surface area contributed by atoms with Crippen LogP contribution >= 0.6 is 0 Å². The molecule has 232 valence electrons. The number of anilines is 7. The van der Waals surface area contributed by atoms with E-state index in [2.05, 4.69) is 25.4 Å². The molecule has 0 bridgehead atoms. The fourth-order valence-electron chi connectivity index (χ4n) is 4.84. The van der Waals surface area contributed by atoms with Gasteiger partial charge in [-0.2, -0.15) is 13.2 Å². The number of carbonyl (C=O) groups excluding carboxylic acids is 1. The standard InChI is InChI=1S/C30H39F3N8O2/c1-20(42)40-14-16-41(17-15-40)22-7-9-25(27(19-22)43-5)36-28-11-8-23(30(31,32)33)29(37-28)35-21-6-10-26(24(34)18-21)39(4)13-12-38(2)3/h6-11,18-19H,12-17,34H2,1-5H3,(H2,35,36,37). The molecule has 4 rings (SSSR count). The van der Waals surface area contributed by atoms with Crippen LogP contribution in [0.25, 0.3) is 0 Å². The number of nitrogen functional groups attached to an aromatic ring is 1. The number of carbonyl (C=O) groups is 1. The maximum atomic E-state index is 13.9. The number of methoxy groups -OCH3 is 1. The van der Waals surface area contributed by atoms with Crippen LogP contribution in [0.5, 0.6) is 5.75 Å². The Labute approximate surface area is 250 Å². The molecule has 1 amide bonds. The summed E-state index contributed by atoms with van der Waals surface area (Å²) in [5.74, 6) is 0.400. The van der Waals surface area contributed by atoms with Crippen LogP contribution in [0.3, 0.4) is 0 Å². The molecular weight excluding hydrogens is 561 g/mol. The summed E-state index contributed by atoms with van der Waals surface area (Å²) < 4.78 is 47.4. The number of hydrogen-bond donors (Lipinski definition) is 3. The van der Waals surface area contributed by atoms with Gasteiger partial charge in [-0.1, -0.05) is 0 Å². The predicted molar refractivity (Wildman–Crippen MR) is 166 cm³/mol. The van der Waals surface area contributed by atoms with Crippen molar-refractivity contribution in [2.45, 2.75) is 13.1 Å². The van der Waals surface area contributed by atoms with Crippen LogP contribution < -0.4 is 30.9 Å². The van der Waals surface area contributed by atoms with Crippen LogP contribution in [0, 0.1) is 0 Å². The SMILES string of the molecule is COc1cc(N2CCN(C(C)=O)CC2)ccc1Nc1ccc(C(F)(F)F)c(Nc2ccc(N(C)CCN(C)C)c(N)c2)n1. The Morgan fingerprint density at radius 2 is 1.72 bits per heavy atom. The number of nitrogens with one attached hydrogen (secondary N) is 2. The number of amides is 1. The number of pyridine rings is 1. The van der Waals surface area contributed by atoms with Gasteiger partial charge >= 0.3 is 6.18 Å². The summed E-state index contributed by atoms with van der Waals surface area (Å²) in [6.07, 6.45) is -4.63. The molecule has 3 aromatic rings. The molecule has 2 heterocycles. The van der Waals surface area contributed by atoms with Crippen molar-refractivity contribution in [3.05, 3.63) is 54.1 Å². The van der Waals surface area contributed by atoms with Crippen LogP contribution in [0.2, 0.25) is 0 Å². The van der Waals surface area contributed by atoms with Gasteiger partial charge in [-0.15, -0.1) is 0 Å². The molecule has 4 N–H and O–H groups in total. The Morgan fingerprint density at radius 3 is 2.33 bits per heavy atom. The second-order valence-corrected chi connectivity index (χ2v) is 10.7. The highest BCUT2D eigenvalue weighted by atomic mass is 19.4. The molecule has 43 heavy (non-hydrogen) atoms. The number of likely N-dealkylation sites (N-methyl/N-ethyl adjacent to an activating group) is 2. The third-order valence-corrected chi connectivity index (χ3v) is 7.32. The maximum absolute atomic E-state index is 13.9. The normalized spacial score (nSPS) is 13.7. The summed E-state index contributed by atoms with van der Waals surface area (Å²) in [6, 6.07) is 12.9. The van der Waals surface area contributed by atoms with Crippen molar-refractivity contribution < 1.29 is 22.7 Å². The number of hydrogen-bond acceptors (Lipinski definition) is 9. The topological polar surface area (TPSA) is 102 Å². The number of halogens is 3. The van der Waals surface area contributed by atoms with Crippen molar-refractivity contribution in [2.24, 2.45) is 0 Å². The van der Waals surface area contributed by atoms with Gasteiger partial charge in [-0.05, 0) is 56.6 Å². The van der Waals surface area contributed by atoms with Gasteiger partial charge in [-0.25, -0.2) is 4.98 Å². The molecule has 1 saturated heterocycles. The van der Waals surface area contributed by atoms with Crippen molar-refractivity contribution >= 4 is 46.0 Å². The number of rotatable bonds is 10. The molecule has 2 aromatic carbocycles. The highest BCUT2D eigenvalue weighted by Gasteiger charge is 2.35. The molecule has 0 unspecified atom stereocenters. The minimum absolute atomic E-state index is 0.0541. The lowest BCUT2D eigenvalue weighted by Gasteiger charge is -2.35. The quantitative estimate of drug-likeness (QED) is 0.282. The van der Waals surface area contributed by atoms with E-state index in [0.717, 1.165) is 30.5 Å². The van der Waals surface area contributed by atoms with Crippen LogP contribution in [-0.4, -0.2) is 88.2 Å². The number of nitrogens with two attached hydrogens (primary N) is 1. The Bertz CT molecular complexity index is 1430. The van der Waals surface area contributed by atoms with Gasteiger partial charge in [0.1, 0.15) is 17.4 Å². The van der Waals surface area contributed by atoms with Gasteiger partial charge in [0.05, 0.1) is 29.7 Å². The third-order valence-electron chi connectivity index (χ3n) is 7.32. The van der Waals surface area contributed by atoms with E-state index in [0.29, 0.717) is 49.0 Å². The Morgan fingerprint density at radius 1 is 1.00 bits per heavy atom. The molecule has 13 heteroatoms. The van der Waals surface area contributed by atoms with Crippen LogP contribution in [0.4, 0.5) is 53.2 Å². The summed E-state index contributed by atoms with van der Waals surface area (Å²) in [7, 11) is 7.39. The maximum Gasteiger partial charge on any atom is 0.419 e. The minimum Gasteiger partial charge on any atom is -0.494 e. The first-order valence-corrected chi connectivity index (χ1v) is 13.9. The van der Waals surface area contributed by atoms with E-state index in [9.17, 15) is 18.0 Å². The fourth-order valence-corrected chi connectivity index (χ4v) is 4.84. The summed E-state index contributed by atoms with van der Waals surface area (Å²) in [4.78, 5) is 23.9. The van der Waals surface area contributed by atoms with Crippen molar-refractivity contribution in [2.75, 3.05) is 93.7 Å². The first kappa shape index (κ1) is 31.5. The van der Waals surface area contributed by atoms with Crippen molar-refractivity contribution in [3.8, 4) is 5.75 Å². The van der Waals surface area contributed by atoms with Crippen molar-refractivity contribution in [3.63, 3.8) is 0 Å². The molecule has 0 atom stereocenters. The van der Waals surface area contributed by atoms with E-state index in [-0.39, 0.29) is 17.5 Å². The van der Waals surface area contributed by atoms with Gasteiger partial charge < -0.3 is 40.7 Å². The van der Waals surface area contributed by atoms with Crippen LogP contribution in [0.15, 0.2) is 48.5 Å². The zero-order chi connectivity index (χ0) is 31.3. The first-order chi connectivity index (χ1) is 20.3. The van der Waals surface area contributed by atoms with E-state index < -0.39 is 11.7 Å². The zero-order valence-electron chi connectivity index (χ0n) is 25.1. The number of ether oxygens (including phenoxy) is 1. The Balaban J connectivity index is 1.55. The zero-order valence-corrected chi connectivity index (χ0v) is 25.1. The van der Waals surface area contributed by atoms with E-state index in [1.807, 2.05) is 38.2 Å². The van der Waals surface area contributed by atoms with Gasteiger partial charge in [0.2, 0.25) is 5.91 Å². The monoisotopic (exact) mass is 600 g/mol. The molecule has 1 aliphatic heterocycles. The summed E-state index contributed by atoms with van der Waals surface area (Å²) >= 11 is 0. The second kappa shape index (κ2) is 13.3. The van der Waals surface area contributed by atoms with E-state index in [1.54, 1.807) is 36.1 Å². The molecule has 1 aliphatic rings. The first-order valence-electron chi connectivity index (χ1n) is 13.9. The molecule has 10 nitrogen and oxygen atoms in total. The van der Waals surface area contributed by atoms with E-state index in [1.165, 1.54) is 13.2 Å². The third kappa shape index (κ3) is 7.92. The van der Waals surface area contributed by atoms with E-state index >= 15 is 0 Å². The Kier molecular flexibility index (Phi) is 9.74. The van der Waals surface area contributed by atoms with Crippen LogP contribution in [0.1, 0.15) is 12.5 Å². The smallest absolute Gasteiger partial charge is 0.419 e. The van der Waals surface area contributed by atoms with Gasteiger partial charge in [0.25, 0.3) is 0 Å². The molecule has 0 spiro atoms. The highest BCUT2D eigenvalue weighted by molar-refractivity contribution is 5.76. The van der Waals surface area contributed by atoms with Crippen LogP contribution in [-0.2, 0) is 11.0 Å². The number of benzene rings is 2. The minimum atomic E-state index is -4.63. The summed E-state index contributed by atoms with van der Waals surface area (Å²) in [6.45, 7) is 5.74. The fraction of sp³-hybridized carbons (Fsp3) is 0.400. The number of piperazine rings is 1. The van der Waals surface area contributed by atoms with E-state index in [4.69, 9.17) is 10.5 Å². The average Bonchev–Trinajstić information content (AvgIpc) is 2.95. The summed E-state index contributed by atoms with van der Waals surface area (Å²) in [5.41, 5.74) is 8.42. The number of nitrogens with zero attached hydrogens (tertiary/aromatic N) is 5. The molecule has 1 aromatic heterocycles. The van der Waals surface area contributed by atoms with Crippen molar-refractivity contribution in [1.82, 2.24) is 14.8 Å².